The second kappa shape index (κ2) is 4.97. The maximum absolute atomic E-state index is 11.0. The van der Waals surface area contributed by atoms with Gasteiger partial charge < -0.3 is 5.32 Å². The van der Waals surface area contributed by atoms with E-state index in [1.165, 1.54) is 16.6 Å². The lowest BCUT2D eigenvalue weighted by molar-refractivity contribution is -0.384. The molecule has 19 heavy (non-hydrogen) atoms. The van der Waals surface area contributed by atoms with E-state index in [4.69, 9.17) is 0 Å². The first-order chi connectivity index (χ1) is 9.25. The average Bonchev–Trinajstić information content (AvgIpc) is 2.88. The Morgan fingerprint density at radius 2 is 2.37 bits per heavy atom. The minimum atomic E-state index is -0.396. The van der Waals surface area contributed by atoms with E-state index in [9.17, 15) is 10.1 Å². The first-order valence-electron chi connectivity index (χ1n) is 6.17. The second-order valence-electron chi connectivity index (χ2n) is 4.54. The van der Waals surface area contributed by atoms with E-state index in [2.05, 4.69) is 21.7 Å². The summed E-state index contributed by atoms with van der Waals surface area (Å²) >= 11 is 1.76. The van der Waals surface area contributed by atoms with Crippen molar-refractivity contribution in [2.75, 3.05) is 5.32 Å². The van der Waals surface area contributed by atoms with E-state index in [-0.39, 0.29) is 11.7 Å². The van der Waals surface area contributed by atoms with Crippen molar-refractivity contribution in [3.05, 3.63) is 50.5 Å². The van der Waals surface area contributed by atoms with Gasteiger partial charge in [-0.1, -0.05) is 0 Å². The SMILES string of the molecule is O=[N+]([O-])c1cnccc1NC1CCCc2sccc21. The average molecular weight is 275 g/mol. The minimum absolute atomic E-state index is 0.0323. The number of fused-ring (bicyclic) bond motifs is 1. The van der Waals surface area contributed by atoms with Crippen molar-refractivity contribution >= 4 is 22.7 Å². The van der Waals surface area contributed by atoms with Gasteiger partial charge in [0.15, 0.2) is 0 Å². The summed E-state index contributed by atoms with van der Waals surface area (Å²) in [5, 5.41) is 16.4. The van der Waals surface area contributed by atoms with Gasteiger partial charge in [0.1, 0.15) is 11.9 Å². The van der Waals surface area contributed by atoms with Gasteiger partial charge in [-0.25, -0.2) is 0 Å². The van der Waals surface area contributed by atoms with Crippen molar-refractivity contribution in [2.45, 2.75) is 25.3 Å². The van der Waals surface area contributed by atoms with Crippen LogP contribution in [0, 0.1) is 10.1 Å². The van der Waals surface area contributed by atoms with Crippen LogP contribution in [0.5, 0.6) is 0 Å². The fourth-order valence-corrected chi connectivity index (χ4v) is 3.47. The summed E-state index contributed by atoms with van der Waals surface area (Å²) in [7, 11) is 0. The van der Waals surface area contributed by atoms with Gasteiger partial charge in [0.05, 0.1) is 11.0 Å². The number of nitrogens with one attached hydrogen (secondary N) is 1. The van der Waals surface area contributed by atoms with Crippen LogP contribution in [0.4, 0.5) is 11.4 Å². The number of aryl methyl sites for hydroxylation is 1. The Morgan fingerprint density at radius 3 is 3.21 bits per heavy atom. The summed E-state index contributed by atoms with van der Waals surface area (Å²) in [6.07, 6.45) is 6.10. The van der Waals surface area contributed by atoms with Crippen LogP contribution < -0.4 is 5.32 Å². The molecule has 0 aromatic carbocycles. The van der Waals surface area contributed by atoms with E-state index < -0.39 is 4.92 Å². The highest BCUT2D eigenvalue weighted by Gasteiger charge is 2.23. The molecule has 1 unspecified atom stereocenters. The van der Waals surface area contributed by atoms with E-state index in [1.54, 1.807) is 23.6 Å². The molecule has 0 amide bonds. The molecule has 2 aromatic heterocycles. The monoisotopic (exact) mass is 275 g/mol. The van der Waals surface area contributed by atoms with Gasteiger partial charge in [0.25, 0.3) is 0 Å². The Labute approximate surface area is 114 Å². The number of rotatable bonds is 3. The third-order valence-electron chi connectivity index (χ3n) is 3.38. The lowest BCUT2D eigenvalue weighted by Gasteiger charge is -2.24. The number of nitrogens with zero attached hydrogens (tertiary/aromatic N) is 2. The molecule has 1 aliphatic carbocycles. The summed E-state index contributed by atoms with van der Waals surface area (Å²) in [5.74, 6) is 0. The zero-order chi connectivity index (χ0) is 13.2. The van der Waals surface area contributed by atoms with Gasteiger partial charge in [0.2, 0.25) is 0 Å². The number of hydrogen-bond donors (Lipinski definition) is 1. The molecule has 0 aliphatic heterocycles. The second-order valence-corrected chi connectivity index (χ2v) is 5.54. The third kappa shape index (κ3) is 2.31. The Morgan fingerprint density at radius 1 is 1.47 bits per heavy atom. The van der Waals surface area contributed by atoms with Crippen LogP contribution in [0.2, 0.25) is 0 Å². The molecule has 3 rings (SSSR count). The van der Waals surface area contributed by atoms with E-state index in [0.717, 1.165) is 19.3 Å². The molecule has 98 valence electrons. The summed E-state index contributed by atoms with van der Waals surface area (Å²) in [5.41, 5.74) is 1.86. The van der Waals surface area contributed by atoms with E-state index in [1.807, 2.05) is 0 Å². The summed E-state index contributed by atoms with van der Waals surface area (Å²) in [6.45, 7) is 0. The molecular formula is C13H13N3O2S. The Balaban J connectivity index is 1.90. The molecule has 1 N–H and O–H groups in total. The normalized spacial score (nSPS) is 17.8. The number of pyridine rings is 1. The molecule has 0 spiro atoms. The molecule has 2 aromatic rings. The van der Waals surface area contributed by atoms with Crippen LogP contribution in [0.3, 0.4) is 0 Å². The van der Waals surface area contributed by atoms with Gasteiger partial charge in [-0.15, -0.1) is 11.3 Å². The van der Waals surface area contributed by atoms with Crippen LogP contribution in [-0.2, 0) is 6.42 Å². The summed E-state index contributed by atoms with van der Waals surface area (Å²) in [6, 6.07) is 3.94. The maximum Gasteiger partial charge on any atom is 0.310 e. The zero-order valence-corrected chi connectivity index (χ0v) is 11.0. The van der Waals surface area contributed by atoms with Crippen molar-refractivity contribution < 1.29 is 4.92 Å². The van der Waals surface area contributed by atoms with Crippen LogP contribution in [-0.4, -0.2) is 9.91 Å². The van der Waals surface area contributed by atoms with Crippen molar-refractivity contribution in [1.29, 1.82) is 0 Å². The number of nitro groups is 1. The van der Waals surface area contributed by atoms with Gasteiger partial charge in [-0.2, -0.15) is 0 Å². The van der Waals surface area contributed by atoms with Crippen LogP contribution in [0.25, 0.3) is 0 Å². The molecular weight excluding hydrogens is 262 g/mol. The Bertz CT molecular complexity index is 611. The van der Waals surface area contributed by atoms with Crippen molar-refractivity contribution in [3.8, 4) is 0 Å². The molecule has 0 fully saturated rings. The quantitative estimate of drug-likeness (QED) is 0.687. The fraction of sp³-hybridized carbons (Fsp3) is 0.308. The molecule has 6 heteroatoms. The topological polar surface area (TPSA) is 68.1 Å². The molecule has 0 bridgehead atoms. The van der Waals surface area contributed by atoms with Gasteiger partial charge in [0, 0.05) is 11.1 Å². The number of hydrogen-bond acceptors (Lipinski definition) is 5. The predicted octanol–water partition coefficient (Wildman–Crippen LogP) is 3.54. The van der Waals surface area contributed by atoms with Gasteiger partial charge in [-0.05, 0) is 42.3 Å². The smallest absolute Gasteiger partial charge is 0.310 e. The first kappa shape index (κ1) is 12.1. The number of anilines is 1. The van der Waals surface area contributed by atoms with Crippen LogP contribution >= 0.6 is 11.3 Å². The maximum atomic E-state index is 11.0. The van der Waals surface area contributed by atoms with E-state index >= 15 is 0 Å². The molecule has 0 saturated carbocycles. The molecule has 1 atom stereocenters. The lowest BCUT2D eigenvalue weighted by atomic mass is 9.94. The number of thiophene rings is 1. The Kier molecular flexibility index (Phi) is 3.16. The van der Waals surface area contributed by atoms with Crippen LogP contribution in [0.1, 0.15) is 29.3 Å². The van der Waals surface area contributed by atoms with Crippen molar-refractivity contribution in [1.82, 2.24) is 4.98 Å². The van der Waals surface area contributed by atoms with Gasteiger partial charge in [-0.3, -0.25) is 15.1 Å². The molecule has 1 aliphatic rings. The summed E-state index contributed by atoms with van der Waals surface area (Å²) in [4.78, 5) is 15.8. The number of aromatic nitrogens is 1. The molecule has 2 heterocycles. The Hall–Kier alpha value is -1.95. The highest BCUT2D eigenvalue weighted by Crippen LogP contribution is 2.37. The van der Waals surface area contributed by atoms with Gasteiger partial charge >= 0.3 is 5.69 Å². The third-order valence-corrected chi connectivity index (χ3v) is 4.37. The first-order valence-corrected chi connectivity index (χ1v) is 7.05. The zero-order valence-electron chi connectivity index (χ0n) is 10.2. The van der Waals surface area contributed by atoms with Crippen molar-refractivity contribution in [3.63, 3.8) is 0 Å². The largest absolute Gasteiger partial charge is 0.373 e. The minimum Gasteiger partial charge on any atom is -0.373 e. The standard InChI is InChI=1S/C13H13N3O2S/c17-16(18)12-8-14-6-4-11(12)15-10-2-1-3-13-9(10)5-7-19-13/h4-8,10H,1-3H2,(H,14,15). The highest BCUT2D eigenvalue weighted by molar-refractivity contribution is 7.10. The summed E-state index contributed by atoms with van der Waals surface area (Å²) < 4.78 is 0. The fourth-order valence-electron chi connectivity index (χ4n) is 2.48. The van der Waals surface area contributed by atoms with Crippen LogP contribution in [0.15, 0.2) is 29.9 Å². The molecule has 0 saturated heterocycles. The predicted molar refractivity (Wildman–Crippen MR) is 74.5 cm³/mol. The molecule has 0 radical (unpaired) electrons. The highest BCUT2D eigenvalue weighted by atomic mass is 32.1. The molecule has 5 nitrogen and oxygen atoms in total. The lowest BCUT2D eigenvalue weighted by Crippen LogP contribution is -2.16. The van der Waals surface area contributed by atoms with Crippen molar-refractivity contribution in [2.24, 2.45) is 0 Å². The van der Waals surface area contributed by atoms with E-state index in [0.29, 0.717) is 5.69 Å².